The first-order valence-corrected chi connectivity index (χ1v) is 32.3. The maximum Gasteiger partial charge on any atom is 1.00 e. The van der Waals surface area contributed by atoms with Crippen LogP contribution >= 0.6 is 7.91 Å². The van der Waals surface area contributed by atoms with E-state index in [1.807, 2.05) is 0 Å². The van der Waals surface area contributed by atoms with Gasteiger partial charge in [0.05, 0.1) is 88.6 Å². The Labute approximate surface area is 595 Å². The number of hydrogen-bond acceptors (Lipinski definition) is 29. The predicted molar refractivity (Wildman–Crippen MR) is 333 cm³/mol. The van der Waals surface area contributed by atoms with Crippen LogP contribution in [-0.2, 0) is 66.7 Å². The summed E-state index contributed by atoms with van der Waals surface area (Å²) in [5.74, 6) is -39.2. The van der Waals surface area contributed by atoms with Crippen molar-refractivity contribution in [3.63, 3.8) is 0 Å². The molecule has 33 nitrogen and oxygen atoms in total. The summed E-state index contributed by atoms with van der Waals surface area (Å²) in [5, 5.41) is 99.3. The molecule has 35 heteroatoms. The van der Waals surface area contributed by atoms with E-state index >= 15 is 0 Å². The number of fused-ring (bicyclic) bond motifs is 9. The van der Waals surface area contributed by atoms with Crippen LogP contribution in [0.1, 0.15) is 86.3 Å². The number of primary amides is 3. The van der Waals surface area contributed by atoms with Gasteiger partial charge in [-0.15, -0.1) is 0 Å². The van der Waals surface area contributed by atoms with Gasteiger partial charge in [0.25, 0.3) is 0 Å². The number of ketones is 12. The van der Waals surface area contributed by atoms with E-state index in [4.69, 9.17) is 31.2 Å². The van der Waals surface area contributed by atoms with Crippen molar-refractivity contribution in [2.45, 2.75) is 91.8 Å². The van der Waals surface area contributed by atoms with E-state index in [9.17, 15) is 118 Å². The number of Topliss-reactive ketones (excluding diaryl/α,β-unsaturated/α-hetero) is 12. The largest absolute Gasteiger partial charge is 1.00 e. The van der Waals surface area contributed by atoms with Gasteiger partial charge in [-0.05, 0) is 94.9 Å². The molecule has 534 valence electrons. The van der Waals surface area contributed by atoms with Gasteiger partial charge in [0.15, 0.2) is 104 Å². The average Bonchev–Trinajstić information content (AvgIpc) is 0.702. The molecule has 6 fully saturated rings. The molecule has 0 heterocycles. The Kier molecular flexibility index (Phi) is 21.6. The number of carbonyl (C=O) groups is 15. The number of aliphatic hydroxyl groups excluding tert-OH is 3. The van der Waals surface area contributed by atoms with E-state index in [1.54, 1.807) is 39.0 Å². The second-order valence-electron chi connectivity index (χ2n) is 27.6. The summed E-state index contributed by atoms with van der Waals surface area (Å²) in [6.45, 7) is 4.98. The molecule has 3 amide bonds. The SMILES string of the molecule is CC1c2cccc(O)c2C(=O)C2C(=O)[C@]3(O)C(=O)C(C(N)=O)C(=O)[C@@H](N(C)C)C3C(O)C21.CC1c2cccc(O)c2C(=O)C2C(=O)[C@]3(O)C(=O)C(C(N)=O)C(=O)[C@@H](N(C)C)C3C(O)C21.CC1c2cccc(O)c2C(=O)C2C(=O)[C@]3(O)C(=O)C(C(N)=O)C(=O)[C@@H](N(C)C)C3C(O)C21.O=P(=O)O.[Na+]. The third kappa shape index (κ3) is 11.4. The molecule has 18 unspecified atom stereocenters. The summed E-state index contributed by atoms with van der Waals surface area (Å²) in [7, 11) is 5.56. The number of likely N-dealkylation sites (N-methyl/N-ethyl adjacent to an activating group) is 3. The van der Waals surface area contributed by atoms with E-state index in [1.165, 1.54) is 93.4 Å². The summed E-state index contributed by atoms with van der Waals surface area (Å²) >= 11 is 0. The molecule has 0 aliphatic heterocycles. The van der Waals surface area contributed by atoms with E-state index in [0.717, 1.165) is 0 Å². The number of nitrogens with zero attached hydrogens (tertiary/aromatic N) is 3. The van der Waals surface area contributed by atoms with Crippen molar-refractivity contribution in [2.75, 3.05) is 42.3 Å². The zero-order valence-corrected chi connectivity index (χ0v) is 58.6. The Morgan fingerprint density at radius 2 is 0.604 bits per heavy atom. The molecule has 0 saturated heterocycles. The molecule has 0 radical (unpaired) electrons. The van der Waals surface area contributed by atoms with E-state index in [-0.39, 0.29) is 63.5 Å². The summed E-state index contributed by atoms with van der Waals surface area (Å²) in [5.41, 5.74) is 7.75. The fraction of sp³-hybridized carbons (Fsp3) is 0.500. The number of hydrogen-bond donors (Lipinski definition) is 13. The minimum absolute atomic E-state index is 0. The van der Waals surface area contributed by atoms with Gasteiger partial charge in [-0.1, -0.05) is 57.2 Å². The minimum Gasteiger partial charge on any atom is -0.507 e. The van der Waals surface area contributed by atoms with E-state index in [0.29, 0.717) is 16.7 Å². The summed E-state index contributed by atoms with van der Waals surface area (Å²) < 4.78 is 17.2. The molecule has 3 aromatic rings. The van der Waals surface area contributed by atoms with Crippen LogP contribution < -0.4 is 46.8 Å². The standard InChI is InChI=1S/3C22H24N2O8.Na.HO3P/c3*1-7-8-5-4-6-9(25)11(8)16(26)12-10(7)17(27)14-15(24(2)3)18(28)13(21(23)31)20(30)22(14,32)19(12)29;;1-4(2)3/h3*4-7,10,12-15,17,25,27,32H,1-3H3,(H2,23,31);;(H,1,2,3)/q;;;+1;/t3*7?,10?,12?,13?,14?,15-,17?,22-;;/m000../s1. The Hall–Kier alpha value is -7.99. The topological polar surface area (TPSA) is 580 Å². The van der Waals surface area contributed by atoms with Crippen LogP contribution in [0.15, 0.2) is 54.6 Å². The quantitative estimate of drug-likeness (QED) is 0.0619. The molecule has 9 aliphatic carbocycles. The van der Waals surface area contributed by atoms with Gasteiger partial charge < -0.3 is 63.2 Å². The van der Waals surface area contributed by atoms with Crippen molar-refractivity contribution < 1.29 is 161 Å². The van der Waals surface area contributed by atoms with Gasteiger partial charge in [0, 0.05) is 17.8 Å². The fourth-order valence-corrected chi connectivity index (χ4v) is 17.8. The Morgan fingerprint density at radius 3 is 0.782 bits per heavy atom. The van der Waals surface area contributed by atoms with Crippen molar-refractivity contribution in [3.05, 3.63) is 88.0 Å². The maximum atomic E-state index is 13.6. The predicted octanol–water partition coefficient (Wildman–Crippen LogP) is -7.73. The summed E-state index contributed by atoms with van der Waals surface area (Å²) in [4.78, 5) is 206. The van der Waals surface area contributed by atoms with Crippen molar-refractivity contribution >= 4 is 95.0 Å². The van der Waals surface area contributed by atoms with Crippen LogP contribution in [0.4, 0.5) is 0 Å². The van der Waals surface area contributed by atoms with Crippen LogP contribution in [-0.4, -0.2) is 248 Å². The molecule has 3 aromatic carbocycles. The Balaban J connectivity index is 0.000000186. The van der Waals surface area contributed by atoms with Crippen molar-refractivity contribution in [2.24, 2.45) is 88.2 Å². The van der Waals surface area contributed by atoms with Crippen LogP contribution in [0.5, 0.6) is 17.2 Å². The normalized spacial score (nSPS) is 37.2. The van der Waals surface area contributed by atoms with Gasteiger partial charge >= 0.3 is 37.5 Å². The van der Waals surface area contributed by atoms with Gasteiger partial charge in [-0.3, -0.25) is 91.5 Å². The summed E-state index contributed by atoms with van der Waals surface area (Å²) in [6, 6.07) is 9.08. The molecule has 6 saturated carbocycles. The van der Waals surface area contributed by atoms with Gasteiger partial charge in [0.1, 0.15) is 17.2 Å². The minimum atomic E-state index is -3.12. The molecule has 9 aliphatic rings. The zero-order chi connectivity index (χ0) is 75.2. The van der Waals surface area contributed by atoms with Gasteiger partial charge in [-0.25, -0.2) is 9.13 Å². The van der Waals surface area contributed by atoms with Crippen molar-refractivity contribution in [1.29, 1.82) is 0 Å². The third-order valence-electron chi connectivity index (χ3n) is 22.1. The number of rotatable bonds is 6. The third-order valence-corrected chi connectivity index (χ3v) is 22.1. The average molecular weight is 1440 g/mol. The van der Waals surface area contributed by atoms with Crippen molar-refractivity contribution in [1.82, 2.24) is 14.7 Å². The van der Waals surface area contributed by atoms with E-state index in [2.05, 4.69) is 0 Å². The first kappa shape index (κ1) is 78.7. The van der Waals surface area contributed by atoms with Crippen LogP contribution in [0, 0.1) is 71.0 Å². The molecule has 101 heavy (non-hydrogen) atoms. The van der Waals surface area contributed by atoms with Crippen molar-refractivity contribution in [3.8, 4) is 17.2 Å². The first-order chi connectivity index (χ1) is 46.3. The Bertz CT molecular complexity index is 3840. The van der Waals surface area contributed by atoms with Crippen LogP contribution in [0.3, 0.4) is 0 Å². The van der Waals surface area contributed by atoms with Crippen LogP contribution in [0.25, 0.3) is 0 Å². The molecular formula is C66H73N6NaO27P+. The molecule has 12 rings (SSSR count). The number of aromatic hydroxyl groups is 3. The smallest absolute Gasteiger partial charge is 0.507 e. The molecule has 0 spiro atoms. The second-order valence-corrected chi connectivity index (χ2v) is 28.0. The number of amides is 3. The molecule has 0 aromatic heterocycles. The van der Waals surface area contributed by atoms with Gasteiger partial charge in [0.2, 0.25) is 17.7 Å². The second kappa shape index (κ2) is 27.7. The molecule has 0 bridgehead atoms. The number of aliphatic hydroxyl groups is 6. The first-order valence-electron chi connectivity index (χ1n) is 31.2. The maximum absolute atomic E-state index is 13.6. The fourth-order valence-electron chi connectivity index (χ4n) is 17.8. The Morgan fingerprint density at radius 1 is 0.406 bits per heavy atom. The van der Waals surface area contributed by atoms with Crippen LogP contribution in [0.2, 0.25) is 0 Å². The zero-order valence-electron chi connectivity index (χ0n) is 55.8. The number of phenols is 3. The number of carbonyl (C=O) groups excluding carboxylic acids is 15. The number of phenolic OH excluding ortho intramolecular Hbond substituents is 3. The summed E-state index contributed by atoms with van der Waals surface area (Å²) in [6.07, 6.45) is -4.86. The van der Waals surface area contributed by atoms with E-state index < -0.39 is 237 Å². The monoisotopic (exact) mass is 1440 g/mol. The number of nitrogens with two attached hydrogens (primary N) is 3. The molecule has 16 N–H and O–H groups in total. The van der Waals surface area contributed by atoms with Gasteiger partial charge in [-0.2, -0.15) is 0 Å². The molecule has 24 atom stereocenters. The number of benzene rings is 3. The molecular weight excluding hydrogens is 1360 g/mol.